The SMILES string of the molecule is CC1(C)c2ccc(-c3c4ccccc4c(-c4ccc(-c5cc6ccccc6c6ccccc56)cc4)c4ccccc34)cc2-c2cc3ccccc3cc21.CC1(C)c2ccc(-c3c4ccccc4c(-c4cccc5c4ccc4ccccc45)c4ccccc34)cc2-c2cc3ccccc3cc21. The summed E-state index contributed by atoms with van der Waals surface area (Å²) in [6.07, 6.45) is 0. The summed E-state index contributed by atoms with van der Waals surface area (Å²) in [5.74, 6) is 0. The van der Waals surface area contributed by atoms with Gasteiger partial charge in [-0.1, -0.05) is 325 Å². The maximum Gasteiger partial charge on any atom is 0.0159 e. The van der Waals surface area contributed by atoms with E-state index in [0.29, 0.717) is 0 Å². The lowest BCUT2D eigenvalue weighted by atomic mass is 9.81. The van der Waals surface area contributed by atoms with Crippen molar-refractivity contribution in [3.8, 4) is 77.9 Å². The summed E-state index contributed by atoms with van der Waals surface area (Å²) in [5, 5.41) is 25.8. The third-order valence-electron chi connectivity index (χ3n) is 22.8. The van der Waals surface area contributed by atoms with E-state index in [-0.39, 0.29) is 10.8 Å². The molecule has 0 aliphatic heterocycles. The van der Waals surface area contributed by atoms with Crippen LogP contribution in [-0.4, -0.2) is 0 Å². The van der Waals surface area contributed by atoms with Crippen LogP contribution >= 0.6 is 0 Å². The molecule has 0 N–H and O–H groups in total. The van der Waals surface area contributed by atoms with Gasteiger partial charge in [-0.25, -0.2) is 0 Å². The molecular formula is C100H68. The molecule has 0 nitrogen and oxygen atoms in total. The molecule has 0 unspecified atom stereocenters. The predicted octanol–water partition coefficient (Wildman–Crippen LogP) is 27.9. The summed E-state index contributed by atoms with van der Waals surface area (Å²) in [4.78, 5) is 0. The van der Waals surface area contributed by atoms with E-state index in [0.717, 1.165) is 0 Å². The predicted molar refractivity (Wildman–Crippen MR) is 430 cm³/mol. The lowest BCUT2D eigenvalue weighted by Crippen LogP contribution is -2.14. The van der Waals surface area contributed by atoms with Crippen LogP contribution in [0.15, 0.2) is 340 Å². The highest BCUT2D eigenvalue weighted by Crippen LogP contribution is 2.55. The first-order valence-electron chi connectivity index (χ1n) is 35.3. The molecule has 0 heteroatoms. The zero-order valence-corrected chi connectivity index (χ0v) is 56.3. The number of rotatable bonds is 5. The molecule has 0 saturated heterocycles. The Morgan fingerprint density at radius 3 is 0.910 bits per heavy atom. The second kappa shape index (κ2) is 22.2. The van der Waals surface area contributed by atoms with E-state index in [2.05, 4.69) is 367 Å². The van der Waals surface area contributed by atoms with E-state index in [4.69, 9.17) is 0 Å². The van der Waals surface area contributed by atoms with Gasteiger partial charge in [0.2, 0.25) is 0 Å². The molecule has 19 aromatic rings. The van der Waals surface area contributed by atoms with Gasteiger partial charge in [-0.2, -0.15) is 0 Å². The molecule has 0 spiro atoms. The summed E-state index contributed by atoms with van der Waals surface area (Å²) in [6, 6.07) is 127. The number of fused-ring (bicyclic) bond motifs is 18. The average Bonchev–Trinajstić information content (AvgIpc) is 1.47. The summed E-state index contributed by atoms with van der Waals surface area (Å²) in [5.41, 5.74) is 23.7. The zero-order chi connectivity index (χ0) is 66.5. The minimum atomic E-state index is -0.0630. The topological polar surface area (TPSA) is 0 Å². The Bertz CT molecular complexity index is 6580. The first-order valence-corrected chi connectivity index (χ1v) is 35.3. The average molecular weight is 1270 g/mol. The van der Waals surface area contributed by atoms with Gasteiger partial charge in [-0.15, -0.1) is 0 Å². The van der Waals surface area contributed by atoms with Crippen molar-refractivity contribution in [2.75, 3.05) is 0 Å². The molecule has 2 aliphatic rings. The Balaban J connectivity index is 0.000000136. The Kier molecular flexibility index (Phi) is 12.8. The number of hydrogen-bond acceptors (Lipinski definition) is 0. The Hall–Kier alpha value is -12.2. The number of hydrogen-bond donors (Lipinski definition) is 0. The maximum atomic E-state index is 2.47. The van der Waals surface area contributed by atoms with Gasteiger partial charge < -0.3 is 0 Å². The van der Waals surface area contributed by atoms with Gasteiger partial charge in [0.1, 0.15) is 0 Å². The molecule has 21 rings (SSSR count). The largest absolute Gasteiger partial charge is 0.0616 e. The molecule has 0 amide bonds. The van der Waals surface area contributed by atoms with Crippen LogP contribution in [-0.2, 0) is 10.8 Å². The molecule has 0 aromatic heterocycles. The van der Waals surface area contributed by atoms with E-state index < -0.39 is 0 Å². The number of benzene rings is 19. The van der Waals surface area contributed by atoms with Gasteiger partial charge >= 0.3 is 0 Å². The highest BCUT2D eigenvalue weighted by molar-refractivity contribution is 6.26. The van der Waals surface area contributed by atoms with Crippen LogP contribution in [0.3, 0.4) is 0 Å². The van der Waals surface area contributed by atoms with Crippen LogP contribution in [0.5, 0.6) is 0 Å². The molecule has 0 radical (unpaired) electrons. The van der Waals surface area contributed by atoms with Crippen LogP contribution in [0.4, 0.5) is 0 Å². The van der Waals surface area contributed by atoms with Crippen molar-refractivity contribution in [1.29, 1.82) is 0 Å². The summed E-state index contributed by atoms with van der Waals surface area (Å²) in [7, 11) is 0. The molecule has 0 fully saturated rings. The fourth-order valence-electron chi connectivity index (χ4n) is 18.0. The van der Waals surface area contributed by atoms with Crippen LogP contribution in [0.2, 0.25) is 0 Å². The highest BCUT2D eigenvalue weighted by Gasteiger charge is 2.38. The van der Waals surface area contributed by atoms with Crippen molar-refractivity contribution in [3.63, 3.8) is 0 Å². The Morgan fingerprint density at radius 2 is 0.450 bits per heavy atom. The van der Waals surface area contributed by atoms with Crippen molar-refractivity contribution < 1.29 is 0 Å². The van der Waals surface area contributed by atoms with Gasteiger partial charge in [0, 0.05) is 10.8 Å². The molecule has 19 aromatic carbocycles. The Morgan fingerprint density at radius 1 is 0.150 bits per heavy atom. The van der Waals surface area contributed by atoms with E-state index in [1.54, 1.807) is 0 Å². The standard InChI is InChI=1S/C53H36.C47H32/c1-53(2)49-28-27-38(31-47(49)48-29-35-13-3-4-14-36(35)32-50(48)53)52-44-21-11-9-19-42(44)51(43-20-10-12-22-45(43)52)34-25-23-33(24-26-34)46-30-37-15-5-6-16-39(37)40-17-7-8-18-41(40)46;1-47(2)43-25-23-32(27-41(43)42-26-30-13-3-4-14-31(30)28-44(42)47)45-37-16-7-9-18-39(37)46(40-19-10-8-17-38(40)45)36-21-11-20-34-33-15-6-5-12-29(33)22-24-35(34)36/h3-32H,1-2H3;3-28H,1-2H3. The van der Waals surface area contributed by atoms with Crippen molar-refractivity contribution >= 4 is 108 Å². The van der Waals surface area contributed by atoms with Crippen LogP contribution in [0.25, 0.3) is 186 Å². The van der Waals surface area contributed by atoms with Crippen molar-refractivity contribution in [2.45, 2.75) is 38.5 Å². The first kappa shape index (κ1) is 58.0. The van der Waals surface area contributed by atoms with Crippen molar-refractivity contribution in [3.05, 3.63) is 362 Å². The summed E-state index contributed by atoms with van der Waals surface area (Å²) >= 11 is 0. The van der Waals surface area contributed by atoms with E-state index in [1.807, 2.05) is 0 Å². The van der Waals surface area contributed by atoms with Crippen LogP contribution in [0.1, 0.15) is 49.9 Å². The fraction of sp³-hybridized carbons (Fsp3) is 0.0600. The fourth-order valence-corrected chi connectivity index (χ4v) is 18.0. The lowest BCUT2D eigenvalue weighted by Gasteiger charge is -2.22. The van der Waals surface area contributed by atoms with Gasteiger partial charge in [-0.05, 0) is 250 Å². The normalized spacial score (nSPS) is 13.4. The minimum absolute atomic E-state index is 0.0558. The Labute approximate surface area is 582 Å². The van der Waals surface area contributed by atoms with E-state index in [1.165, 1.54) is 208 Å². The summed E-state index contributed by atoms with van der Waals surface area (Å²) in [6.45, 7) is 9.50. The highest BCUT2D eigenvalue weighted by atomic mass is 14.4. The van der Waals surface area contributed by atoms with Gasteiger partial charge in [-0.3, -0.25) is 0 Å². The van der Waals surface area contributed by atoms with Crippen molar-refractivity contribution in [2.24, 2.45) is 0 Å². The van der Waals surface area contributed by atoms with E-state index in [9.17, 15) is 0 Å². The third-order valence-corrected chi connectivity index (χ3v) is 22.8. The molecule has 468 valence electrons. The molecular weight excluding hydrogens is 1200 g/mol. The quantitative estimate of drug-likeness (QED) is 0.119. The molecule has 0 heterocycles. The molecule has 0 atom stereocenters. The van der Waals surface area contributed by atoms with Gasteiger partial charge in [0.15, 0.2) is 0 Å². The van der Waals surface area contributed by atoms with Crippen LogP contribution in [0, 0.1) is 0 Å². The van der Waals surface area contributed by atoms with E-state index >= 15 is 0 Å². The summed E-state index contributed by atoms with van der Waals surface area (Å²) < 4.78 is 0. The molecule has 0 saturated carbocycles. The zero-order valence-electron chi connectivity index (χ0n) is 56.3. The van der Waals surface area contributed by atoms with Gasteiger partial charge in [0.25, 0.3) is 0 Å². The second-order valence-electron chi connectivity index (χ2n) is 28.9. The molecule has 100 heavy (non-hydrogen) atoms. The van der Waals surface area contributed by atoms with Gasteiger partial charge in [0.05, 0.1) is 0 Å². The monoisotopic (exact) mass is 1270 g/mol. The third kappa shape index (κ3) is 8.73. The minimum Gasteiger partial charge on any atom is -0.0616 e. The van der Waals surface area contributed by atoms with Crippen molar-refractivity contribution in [1.82, 2.24) is 0 Å². The second-order valence-corrected chi connectivity index (χ2v) is 28.9. The molecule has 0 bridgehead atoms. The smallest absolute Gasteiger partial charge is 0.0159 e. The van der Waals surface area contributed by atoms with Crippen LogP contribution < -0.4 is 0 Å². The maximum absolute atomic E-state index is 2.47. The molecule has 2 aliphatic carbocycles. The lowest BCUT2D eigenvalue weighted by molar-refractivity contribution is 0.661. The first-order chi connectivity index (χ1) is 49.1.